The highest BCUT2D eigenvalue weighted by Crippen LogP contribution is 2.27. The van der Waals surface area contributed by atoms with Gasteiger partial charge >= 0.3 is 0 Å². The van der Waals surface area contributed by atoms with Crippen LogP contribution in [0.1, 0.15) is 0 Å². The first-order valence-electron chi connectivity index (χ1n) is 5.90. The number of aromatic nitrogens is 1. The molecule has 0 bridgehead atoms. The number of pyridine rings is 1. The molecule has 4 nitrogen and oxygen atoms in total. The average Bonchev–Trinajstić information content (AvgIpc) is 2.76. The summed E-state index contributed by atoms with van der Waals surface area (Å²) in [5.74, 6) is 0.110. The number of hydrogen-bond acceptors (Lipinski definition) is 3. The molecule has 0 aliphatic rings. The zero-order valence-corrected chi connectivity index (χ0v) is 9.81. The van der Waals surface area contributed by atoms with Crippen LogP contribution in [-0.2, 0) is 0 Å². The standard InChI is InChI=1S/C15H9NO3/c17-8-5-6-9-11(7-8)16-15-13(14(9)18)10-3-1-2-4-12(10)19-15/h1-7,17H,(H,16,18). The van der Waals surface area contributed by atoms with Crippen molar-refractivity contribution in [3.05, 3.63) is 52.7 Å². The van der Waals surface area contributed by atoms with Gasteiger partial charge in [0, 0.05) is 16.8 Å². The molecule has 2 aromatic carbocycles. The van der Waals surface area contributed by atoms with Crippen LogP contribution in [0.3, 0.4) is 0 Å². The fourth-order valence-electron chi connectivity index (χ4n) is 2.45. The van der Waals surface area contributed by atoms with E-state index in [4.69, 9.17) is 4.42 Å². The van der Waals surface area contributed by atoms with Crippen molar-refractivity contribution in [1.82, 2.24) is 4.98 Å². The van der Waals surface area contributed by atoms with E-state index in [1.54, 1.807) is 6.07 Å². The summed E-state index contributed by atoms with van der Waals surface area (Å²) in [7, 11) is 0. The molecule has 0 amide bonds. The first-order valence-corrected chi connectivity index (χ1v) is 5.90. The van der Waals surface area contributed by atoms with Crippen molar-refractivity contribution < 1.29 is 9.52 Å². The Morgan fingerprint density at radius 1 is 1.05 bits per heavy atom. The van der Waals surface area contributed by atoms with Gasteiger partial charge in [0.2, 0.25) is 11.1 Å². The van der Waals surface area contributed by atoms with E-state index in [1.165, 1.54) is 12.1 Å². The summed E-state index contributed by atoms with van der Waals surface area (Å²) < 4.78 is 5.64. The highest BCUT2D eigenvalue weighted by molar-refractivity contribution is 6.07. The zero-order chi connectivity index (χ0) is 13.0. The molecule has 0 spiro atoms. The van der Waals surface area contributed by atoms with E-state index >= 15 is 0 Å². The average molecular weight is 251 g/mol. The highest BCUT2D eigenvalue weighted by atomic mass is 16.3. The van der Waals surface area contributed by atoms with Crippen molar-refractivity contribution in [3.8, 4) is 5.75 Å². The molecule has 92 valence electrons. The zero-order valence-electron chi connectivity index (χ0n) is 9.81. The van der Waals surface area contributed by atoms with E-state index < -0.39 is 0 Å². The van der Waals surface area contributed by atoms with Gasteiger partial charge in [-0.05, 0) is 18.2 Å². The van der Waals surface area contributed by atoms with E-state index in [9.17, 15) is 9.90 Å². The van der Waals surface area contributed by atoms with Crippen LogP contribution in [-0.4, -0.2) is 10.1 Å². The van der Waals surface area contributed by atoms with Crippen molar-refractivity contribution in [2.24, 2.45) is 0 Å². The number of para-hydroxylation sites is 1. The van der Waals surface area contributed by atoms with Crippen LogP contribution in [0.5, 0.6) is 5.75 Å². The predicted molar refractivity (Wildman–Crippen MR) is 73.5 cm³/mol. The van der Waals surface area contributed by atoms with Crippen molar-refractivity contribution in [1.29, 1.82) is 0 Å². The SMILES string of the molecule is O=c1c2ccc(O)cc2[nH]c2oc3ccccc3c12. The number of rotatable bonds is 0. The minimum absolute atomic E-state index is 0.0892. The molecule has 0 unspecified atom stereocenters. The summed E-state index contributed by atoms with van der Waals surface area (Å²) in [6, 6.07) is 12.1. The van der Waals surface area contributed by atoms with Gasteiger partial charge in [-0.25, -0.2) is 0 Å². The van der Waals surface area contributed by atoms with Gasteiger partial charge in [0.15, 0.2) is 0 Å². The molecule has 2 N–H and O–H groups in total. The minimum Gasteiger partial charge on any atom is -0.508 e. The van der Waals surface area contributed by atoms with Gasteiger partial charge in [-0.2, -0.15) is 0 Å². The normalized spacial score (nSPS) is 11.6. The van der Waals surface area contributed by atoms with Gasteiger partial charge in [0.25, 0.3) is 0 Å². The van der Waals surface area contributed by atoms with Gasteiger partial charge in [-0.15, -0.1) is 0 Å². The number of phenols is 1. The highest BCUT2D eigenvalue weighted by Gasteiger charge is 2.13. The maximum atomic E-state index is 12.5. The second kappa shape index (κ2) is 3.38. The third-order valence-corrected chi connectivity index (χ3v) is 3.32. The van der Waals surface area contributed by atoms with E-state index in [0.717, 1.165) is 5.39 Å². The van der Waals surface area contributed by atoms with Crippen molar-refractivity contribution in [3.63, 3.8) is 0 Å². The quantitative estimate of drug-likeness (QED) is 0.504. The Hall–Kier alpha value is -2.75. The van der Waals surface area contributed by atoms with Gasteiger partial charge < -0.3 is 14.5 Å². The molecule has 4 aromatic rings. The maximum Gasteiger partial charge on any atom is 0.209 e. The molecule has 0 aliphatic carbocycles. The Balaban J connectivity index is 2.34. The second-order valence-electron chi connectivity index (χ2n) is 4.49. The molecule has 4 heteroatoms. The van der Waals surface area contributed by atoms with Gasteiger partial charge in [-0.3, -0.25) is 4.79 Å². The molecule has 0 atom stereocenters. The molecule has 2 aromatic heterocycles. The van der Waals surface area contributed by atoms with Crippen LogP contribution in [0.2, 0.25) is 0 Å². The van der Waals surface area contributed by atoms with Crippen LogP contribution in [0.15, 0.2) is 51.7 Å². The third-order valence-electron chi connectivity index (χ3n) is 3.32. The number of H-pyrrole nitrogens is 1. The molecular weight excluding hydrogens is 242 g/mol. The minimum atomic E-state index is -0.0892. The topological polar surface area (TPSA) is 66.2 Å². The molecule has 0 fully saturated rings. The summed E-state index contributed by atoms with van der Waals surface area (Å²) >= 11 is 0. The fourth-order valence-corrected chi connectivity index (χ4v) is 2.45. The molecule has 19 heavy (non-hydrogen) atoms. The second-order valence-corrected chi connectivity index (χ2v) is 4.49. The first kappa shape index (κ1) is 10.2. The predicted octanol–water partition coefficient (Wildman–Crippen LogP) is 3.13. The number of aromatic amines is 1. The molecule has 0 radical (unpaired) electrons. The van der Waals surface area contributed by atoms with Gasteiger partial charge in [-0.1, -0.05) is 18.2 Å². The molecule has 2 heterocycles. The lowest BCUT2D eigenvalue weighted by molar-refractivity contribution is 0.476. The number of phenolic OH excluding ortho intramolecular Hbond substituents is 1. The molecule has 0 aliphatic heterocycles. The summed E-state index contributed by atoms with van der Waals surface area (Å²) in [5.41, 5.74) is 1.58. The molecule has 0 saturated heterocycles. The lowest BCUT2D eigenvalue weighted by Crippen LogP contribution is -2.02. The molecule has 0 saturated carbocycles. The molecule has 4 rings (SSSR count). The van der Waals surface area contributed by atoms with Gasteiger partial charge in [0.1, 0.15) is 11.3 Å². The lowest BCUT2D eigenvalue weighted by atomic mass is 10.1. The van der Waals surface area contributed by atoms with E-state index in [-0.39, 0.29) is 11.2 Å². The lowest BCUT2D eigenvalue weighted by Gasteiger charge is -1.98. The fraction of sp³-hybridized carbons (Fsp3) is 0. The maximum absolute atomic E-state index is 12.5. The summed E-state index contributed by atoms with van der Waals surface area (Å²) in [5, 5.41) is 11.4. The number of benzene rings is 2. The van der Waals surface area contributed by atoms with Crippen LogP contribution in [0, 0.1) is 0 Å². The van der Waals surface area contributed by atoms with Crippen molar-refractivity contribution in [2.75, 3.05) is 0 Å². The Labute approximate surface area is 106 Å². The first-order chi connectivity index (χ1) is 9.24. The van der Waals surface area contributed by atoms with Crippen molar-refractivity contribution >= 4 is 33.0 Å². The summed E-state index contributed by atoms with van der Waals surface area (Å²) in [6.07, 6.45) is 0. The van der Waals surface area contributed by atoms with Crippen LogP contribution in [0.4, 0.5) is 0 Å². The number of aromatic hydroxyl groups is 1. The van der Waals surface area contributed by atoms with Crippen LogP contribution >= 0.6 is 0 Å². The monoisotopic (exact) mass is 251 g/mol. The number of hydrogen-bond donors (Lipinski definition) is 2. The Bertz CT molecular complexity index is 995. The largest absolute Gasteiger partial charge is 0.508 e. The number of furan rings is 1. The Morgan fingerprint density at radius 2 is 1.89 bits per heavy atom. The Morgan fingerprint density at radius 3 is 2.79 bits per heavy atom. The van der Waals surface area contributed by atoms with Gasteiger partial charge in [0.05, 0.1) is 10.9 Å². The van der Waals surface area contributed by atoms with E-state index in [2.05, 4.69) is 4.98 Å². The van der Waals surface area contributed by atoms with Crippen LogP contribution in [0.25, 0.3) is 33.0 Å². The van der Waals surface area contributed by atoms with Crippen LogP contribution < -0.4 is 5.43 Å². The smallest absolute Gasteiger partial charge is 0.209 e. The van der Waals surface area contributed by atoms with E-state index in [0.29, 0.717) is 27.6 Å². The number of nitrogens with one attached hydrogen (secondary N) is 1. The van der Waals surface area contributed by atoms with Crippen molar-refractivity contribution in [2.45, 2.75) is 0 Å². The summed E-state index contributed by atoms with van der Waals surface area (Å²) in [4.78, 5) is 15.6. The molecular formula is C15H9NO3. The Kier molecular flexibility index (Phi) is 1.82. The van der Waals surface area contributed by atoms with E-state index in [1.807, 2.05) is 24.3 Å². The third kappa shape index (κ3) is 1.31. The number of fused-ring (bicyclic) bond motifs is 4. The summed E-state index contributed by atoms with van der Waals surface area (Å²) in [6.45, 7) is 0.